The summed E-state index contributed by atoms with van der Waals surface area (Å²) in [7, 11) is 0. The number of ether oxygens (including phenoxy) is 1. The molecule has 15 heavy (non-hydrogen) atoms. The summed E-state index contributed by atoms with van der Waals surface area (Å²) in [4.78, 5) is 24.0. The average molecular weight is 213 g/mol. The summed E-state index contributed by atoms with van der Waals surface area (Å²) in [6, 6.07) is 0. The molecule has 0 aliphatic carbocycles. The van der Waals surface area contributed by atoms with Crippen LogP contribution >= 0.6 is 0 Å². The number of rotatable bonds is 2. The van der Waals surface area contributed by atoms with Crippen LogP contribution in [0.25, 0.3) is 0 Å². The van der Waals surface area contributed by atoms with Crippen LogP contribution in [0.15, 0.2) is 0 Å². The van der Waals surface area contributed by atoms with E-state index in [0.717, 1.165) is 19.4 Å². The van der Waals surface area contributed by atoms with Crippen molar-refractivity contribution < 1.29 is 19.4 Å². The lowest BCUT2D eigenvalue weighted by Gasteiger charge is -2.39. The maximum atomic E-state index is 11.8. The molecule has 1 N–H and O–H groups in total. The van der Waals surface area contributed by atoms with Crippen LogP contribution in [0.5, 0.6) is 0 Å². The zero-order valence-corrected chi connectivity index (χ0v) is 8.52. The lowest BCUT2D eigenvalue weighted by molar-refractivity contribution is -0.156. The molecular formula is C10H15NO4. The quantitative estimate of drug-likeness (QED) is 0.698. The predicted molar refractivity (Wildman–Crippen MR) is 51.2 cm³/mol. The maximum Gasteiger partial charge on any atom is 0.310 e. The van der Waals surface area contributed by atoms with E-state index in [2.05, 4.69) is 0 Å². The zero-order chi connectivity index (χ0) is 10.8. The van der Waals surface area contributed by atoms with E-state index in [9.17, 15) is 9.59 Å². The van der Waals surface area contributed by atoms with E-state index in [1.54, 1.807) is 4.90 Å². The molecule has 2 aliphatic rings. The van der Waals surface area contributed by atoms with Gasteiger partial charge < -0.3 is 14.7 Å². The van der Waals surface area contributed by atoms with Crippen molar-refractivity contribution in [1.29, 1.82) is 0 Å². The van der Waals surface area contributed by atoms with Gasteiger partial charge in [0.25, 0.3) is 0 Å². The highest BCUT2D eigenvalue weighted by Gasteiger charge is 2.38. The Morgan fingerprint density at radius 1 is 1.27 bits per heavy atom. The molecule has 2 heterocycles. The normalized spacial score (nSPS) is 27.2. The highest BCUT2D eigenvalue weighted by atomic mass is 16.5. The van der Waals surface area contributed by atoms with Gasteiger partial charge in [-0.3, -0.25) is 9.59 Å². The third-order valence-electron chi connectivity index (χ3n) is 3.05. The van der Waals surface area contributed by atoms with Gasteiger partial charge in [0.15, 0.2) is 0 Å². The van der Waals surface area contributed by atoms with Crippen LogP contribution in [-0.4, -0.2) is 48.2 Å². The highest BCUT2D eigenvalue weighted by Crippen LogP contribution is 2.22. The number of likely N-dealkylation sites (tertiary alicyclic amines) is 1. The summed E-state index contributed by atoms with van der Waals surface area (Å²) in [6.45, 7) is 1.96. The molecule has 0 bridgehead atoms. The first-order chi connectivity index (χ1) is 7.18. The van der Waals surface area contributed by atoms with Gasteiger partial charge in [-0.05, 0) is 12.8 Å². The van der Waals surface area contributed by atoms with Crippen LogP contribution in [-0.2, 0) is 14.3 Å². The lowest BCUT2D eigenvalue weighted by Crippen LogP contribution is -2.55. The number of hydrogen-bond donors (Lipinski definition) is 1. The number of amides is 1. The second kappa shape index (κ2) is 4.18. The lowest BCUT2D eigenvalue weighted by atomic mass is 9.94. The van der Waals surface area contributed by atoms with Gasteiger partial charge in [0, 0.05) is 19.7 Å². The third-order valence-corrected chi connectivity index (χ3v) is 3.05. The number of nitrogens with zero attached hydrogens (tertiary/aromatic N) is 1. The molecule has 5 nitrogen and oxygen atoms in total. The summed E-state index contributed by atoms with van der Waals surface area (Å²) in [6.07, 6.45) is 1.79. The van der Waals surface area contributed by atoms with E-state index in [4.69, 9.17) is 9.84 Å². The second-order valence-electron chi connectivity index (χ2n) is 4.19. The minimum absolute atomic E-state index is 0.0477. The predicted octanol–water partition coefficient (Wildman–Crippen LogP) is -0.0440. The second-order valence-corrected chi connectivity index (χ2v) is 4.19. The monoisotopic (exact) mass is 213 g/mol. The fourth-order valence-electron chi connectivity index (χ4n) is 2.01. The summed E-state index contributed by atoms with van der Waals surface area (Å²) in [5.41, 5.74) is 0. The molecule has 2 aliphatic heterocycles. The van der Waals surface area contributed by atoms with E-state index in [1.807, 2.05) is 0 Å². The highest BCUT2D eigenvalue weighted by molar-refractivity contribution is 5.82. The van der Waals surface area contributed by atoms with Crippen LogP contribution in [0.3, 0.4) is 0 Å². The third kappa shape index (κ3) is 2.12. The van der Waals surface area contributed by atoms with E-state index in [0.29, 0.717) is 19.7 Å². The van der Waals surface area contributed by atoms with E-state index in [-0.39, 0.29) is 17.7 Å². The molecule has 0 aromatic carbocycles. The van der Waals surface area contributed by atoms with Crippen LogP contribution in [0.4, 0.5) is 0 Å². The van der Waals surface area contributed by atoms with E-state index < -0.39 is 5.97 Å². The fourth-order valence-corrected chi connectivity index (χ4v) is 2.01. The first-order valence-electron chi connectivity index (χ1n) is 5.28. The Labute approximate surface area is 88.0 Å². The minimum Gasteiger partial charge on any atom is -0.481 e. The molecule has 84 valence electrons. The Kier molecular flexibility index (Phi) is 2.90. The van der Waals surface area contributed by atoms with E-state index in [1.165, 1.54) is 0 Å². The van der Waals surface area contributed by atoms with Crippen LogP contribution in [0, 0.1) is 11.8 Å². The summed E-state index contributed by atoms with van der Waals surface area (Å²) in [5, 5.41) is 8.68. The van der Waals surface area contributed by atoms with Crippen molar-refractivity contribution in [1.82, 2.24) is 4.90 Å². The van der Waals surface area contributed by atoms with Gasteiger partial charge in [0.05, 0.1) is 18.4 Å². The number of carboxylic acids is 1. The first kappa shape index (κ1) is 10.4. The number of carbonyl (C=O) groups excluding carboxylic acids is 1. The Bertz CT molecular complexity index is 267. The molecule has 1 unspecified atom stereocenters. The van der Waals surface area contributed by atoms with Gasteiger partial charge in [0.1, 0.15) is 0 Å². The molecule has 0 aromatic rings. The number of hydrogen-bond acceptors (Lipinski definition) is 3. The first-order valence-corrected chi connectivity index (χ1v) is 5.28. The van der Waals surface area contributed by atoms with Crippen LogP contribution in [0.1, 0.15) is 12.8 Å². The molecule has 1 atom stereocenters. The van der Waals surface area contributed by atoms with Crippen molar-refractivity contribution >= 4 is 11.9 Å². The average Bonchev–Trinajstić information content (AvgIpc) is 2.16. The topological polar surface area (TPSA) is 66.8 Å². The SMILES string of the molecule is O=C(O)C1CN(C(=O)C2CCCOC2)C1. The molecule has 2 fully saturated rings. The Balaban J connectivity index is 1.80. The van der Waals surface area contributed by atoms with Gasteiger partial charge in [-0.1, -0.05) is 0 Å². The molecule has 0 spiro atoms. The van der Waals surface area contributed by atoms with Gasteiger partial charge >= 0.3 is 5.97 Å². The Morgan fingerprint density at radius 3 is 2.53 bits per heavy atom. The summed E-state index contributed by atoms with van der Waals surface area (Å²) >= 11 is 0. The fraction of sp³-hybridized carbons (Fsp3) is 0.800. The molecule has 2 saturated heterocycles. The smallest absolute Gasteiger partial charge is 0.310 e. The number of aliphatic carboxylic acids is 1. The molecule has 0 radical (unpaired) electrons. The van der Waals surface area contributed by atoms with Gasteiger partial charge in [-0.2, -0.15) is 0 Å². The van der Waals surface area contributed by atoms with Crippen molar-refractivity contribution in [3.8, 4) is 0 Å². The number of carboxylic acid groups (broad SMARTS) is 1. The molecule has 0 saturated carbocycles. The van der Waals surface area contributed by atoms with Crippen molar-refractivity contribution in [2.45, 2.75) is 12.8 Å². The van der Waals surface area contributed by atoms with Crippen molar-refractivity contribution in [2.75, 3.05) is 26.3 Å². The molecule has 5 heteroatoms. The minimum atomic E-state index is -0.807. The molecular weight excluding hydrogens is 198 g/mol. The van der Waals surface area contributed by atoms with Gasteiger partial charge in [-0.25, -0.2) is 0 Å². The molecule has 2 rings (SSSR count). The largest absolute Gasteiger partial charge is 0.481 e. The number of carbonyl (C=O) groups is 2. The van der Waals surface area contributed by atoms with Gasteiger partial charge in [0.2, 0.25) is 5.91 Å². The van der Waals surface area contributed by atoms with Crippen LogP contribution < -0.4 is 0 Å². The van der Waals surface area contributed by atoms with Crippen molar-refractivity contribution in [3.63, 3.8) is 0 Å². The zero-order valence-electron chi connectivity index (χ0n) is 8.52. The molecule has 0 aromatic heterocycles. The van der Waals surface area contributed by atoms with Crippen molar-refractivity contribution in [3.05, 3.63) is 0 Å². The summed E-state index contributed by atoms with van der Waals surface area (Å²) in [5.74, 6) is -1.15. The summed E-state index contributed by atoms with van der Waals surface area (Å²) < 4.78 is 5.23. The van der Waals surface area contributed by atoms with Crippen LogP contribution in [0.2, 0.25) is 0 Å². The Hall–Kier alpha value is -1.10. The van der Waals surface area contributed by atoms with Crippen molar-refractivity contribution in [2.24, 2.45) is 11.8 Å². The molecule has 1 amide bonds. The standard InChI is InChI=1S/C10H15NO4/c12-9(7-2-1-3-15-6-7)11-4-8(5-11)10(13)14/h7-8H,1-6H2,(H,13,14). The Morgan fingerprint density at radius 2 is 2.00 bits per heavy atom. The van der Waals surface area contributed by atoms with Gasteiger partial charge in [-0.15, -0.1) is 0 Å². The maximum absolute atomic E-state index is 11.8. The van der Waals surface area contributed by atoms with E-state index >= 15 is 0 Å².